The van der Waals surface area contributed by atoms with Crippen LogP contribution >= 0.6 is 0 Å². The first-order chi connectivity index (χ1) is 9.80. The van der Waals surface area contributed by atoms with E-state index in [9.17, 15) is 9.18 Å². The van der Waals surface area contributed by atoms with Crippen molar-refractivity contribution in [3.05, 3.63) is 35.1 Å². The van der Waals surface area contributed by atoms with Crippen molar-refractivity contribution in [2.24, 2.45) is 5.41 Å². The van der Waals surface area contributed by atoms with Gasteiger partial charge in [-0.25, -0.2) is 9.18 Å². The van der Waals surface area contributed by atoms with Crippen molar-refractivity contribution in [1.82, 2.24) is 4.90 Å². The normalized spacial score (nSPS) is 18.9. The van der Waals surface area contributed by atoms with Gasteiger partial charge in [0.1, 0.15) is 5.82 Å². The summed E-state index contributed by atoms with van der Waals surface area (Å²) in [5.41, 5.74) is 0.624. The lowest BCUT2D eigenvalue weighted by atomic mass is 9.75. The number of aromatic carboxylic acids is 1. The molecule has 1 aromatic carbocycles. The second-order valence-corrected chi connectivity index (χ2v) is 6.89. The van der Waals surface area contributed by atoms with E-state index >= 15 is 0 Å². The van der Waals surface area contributed by atoms with Crippen molar-refractivity contribution in [3.63, 3.8) is 0 Å². The Labute approximate surface area is 125 Å². The summed E-state index contributed by atoms with van der Waals surface area (Å²) < 4.78 is 14.2. The molecule has 0 amide bonds. The summed E-state index contributed by atoms with van der Waals surface area (Å²) >= 11 is 0. The maximum absolute atomic E-state index is 14.2. The van der Waals surface area contributed by atoms with Gasteiger partial charge >= 0.3 is 5.97 Å². The number of carboxylic acids is 1. The number of hydrogen-bond donors (Lipinski definition) is 1. The number of halogens is 1. The summed E-state index contributed by atoms with van der Waals surface area (Å²) in [6.07, 6.45) is 4.59. The zero-order valence-electron chi connectivity index (χ0n) is 13.0. The second-order valence-electron chi connectivity index (χ2n) is 6.89. The molecule has 1 aromatic rings. The Balaban J connectivity index is 2.05. The highest BCUT2D eigenvalue weighted by Crippen LogP contribution is 2.37. The summed E-state index contributed by atoms with van der Waals surface area (Å²) in [6, 6.07) is 5.04. The lowest BCUT2D eigenvalue weighted by Gasteiger charge is -2.38. The lowest BCUT2D eigenvalue weighted by Crippen LogP contribution is -2.37. The first kappa shape index (κ1) is 16.0. The van der Waals surface area contributed by atoms with Gasteiger partial charge in [-0.15, -0.1) is 0 Å². The summed E-state index contributed by atoms with van der Waals surface area (Å²) in [5, 5.41) is 8.98. The minimum absolute atomic E-state index is 0.245. The first-order valence-electron chi connectivity index (χ1n) is 7.51. The Hall–Kier alpha value is -1.42. The van der Waals surface area contributed by atoms with Crippen LogP contribution in [0.3, 0.4) is 0 Å². The molecule has 0 saturated heterocycles. The molecule has 0 radical (unpaired) electrons. The molecule has 4 heteroatoms. The van der Waals surface area contributed by atoms with Crippen LogP contribution in [-0.4, -0.2) is 29.1 Å². The SMILES string of the molecule is CN(Cc1cccc(C(=O)O)c1F)C1CCC(C)(C)CC1. The van der Waals surface area contributed by atoms with Gasteiger partial charge in [-0.05, 0) is 44.2 Å². The van der Waals surface area contributed by atoms with E-state index in [-0.39, 0.29) is 5.56 Å². The molecule has 3 nitrogen and oxygen atoms in total. The molecule has 2 rings (SSSR count). The highest BCUT2D eigenvalue weighted by atomic mass is 19.1. The fraction of sp³-hybridized carbons (Fsp3) is 0.588. The topological polar surface area (TPSA) is 40.5 Å². The number of rotatable bonds is 4. The summed E-state index contributed by atoms with van der Waals surface area (Å²) in [5.74, 6) is -1.82. The molecule has 1 saturated carbocycles. The van der Waals surface area contributed by atoms with Gasteiger partial charge in [-0.3, -0.25) is 4.90 Å². The molecule has 1 aliphatic rings. The van der Waals surface area contributed by atoms with Gasteiger partial charge in [-0.1, -0.05) is 26.0 Å². The molecular formula is C17H24FNO2. The zero-order chi connectivity index (χ0) is 15.6. The van der Waals surface area contributed by atoms with Crippen LogP contribution < -0.4 is 0 Å². The van der Waals surface area contributed by atoms with Gasteiger partial charge in [0.2, 0.25) is 0 Å². The van der Waals surface area contributed by atoms with E-state index in [1.807, 2.05) is 7.05 Å². The molecule has 0 aliphatic heterocycles. The van der Waals surface area contributed by atoms with E-state index in [4.69, 9.17) is 5.11 Å². The molecule has 21 heavy (non-hydrogen) atoms. The number of benzene rings is 1. The maximum Gasteiger partial charge on any atom is 0.338 e. The zero-order valence-corrected chi connectivity index (χ0v) is 13.0. The fourth-order valence-electron chi connectivity index (χ4n) is 3.09. The fourth-order valence-corrected chi connectivity index (χ4v) is 3.09. The molecular weight excluding hydrogens is 269 g/mol. The van der Waals surface area contributed by atoms with Gasteiger partial charge in [-0.2, -0.15) is 0 Å². The predicted octanol–water partition coefficient (Wildman–Crippen LogP) is 3.92. The van der Waals surface area contributed by atoms with E-state index in [0.29, 0.717) is 23.6 Å². The van der Waals surface area contributed by atoms with Crippen molar-refractivity contribution in [1.29, 1.82) is 0 Å². The minimum Gasteiger partial charge on any atom is -0.478 e. The standard InChI is InChI=1S/C17H24FNO2/c1-17(2)9-7-13(8-10-17)19(3)11-12-5-4-6-14(15(12)18)16(20)21/h4-6,13H,7-11H2,1-3H3,(H,20,21). The van der Waals surface area contributed by atoms with Crippen LogP contribution in [0.2, 0.25) is 0 Å². The van der Waals surface area contributed by atoms with Crippen molar-refractivity contribution in [2.45, 2.75) is 52.1 Å². The second kappa shape index (κ2) is 6.14. The van der Waals surface area contributed by atoms with Crippen LogP contribution in [0.4, 0.5) is 4.39 Å². The van der Waals surface area contributed by atoms with Crippen LogP contribution in [0.15, 0.2) is 18.2 Å². The summed E-state index contributed by atoms with van der Waals surface area (Å²) in [6.45, 7) is 5.04. The van der Waals surface area contributed by atoms with Crippen LogP contribution in [-0.2, 0) is 6.54 Å². The number of hydrogen-bond acceptors (Lipinski definition) is 2. The van der Waals surface area contributed by atoms with E-state index in [2.05, 4.69) is 18.7 Å². The highest BCUT2D eigenvalue weighted by Gasteiger charge is 2.29. The number of carbonyl (C=O) groups is 1. The monoisotopic (exact) mass is 293 g/mol. The Bertz CT molecular complexity index is 518. The summed E-state index contributed by atoms with van der Waals surface area (Å²) in [7, 11) is 2.00. The van der Waals surface area contributed by atoms with Gasteiger partial charge in [0, 0.05) is 18.2 Å². The van der Waals surface area contributed by atoms with Gasteiger partial charge in [0.15, 0.2) is 0 Å². The third-order valence-corrected chi connectivity index (χ3v) is 4.66. The molecule has 0 atom stereocenters. The Kier molecular flexibility index (Phi) is 4.67. The number of carboxylic acid groups (broad SMARTS) is 1. The molecule has 0 unspecified atom stereocenters. The molecule has 0 spiro atoms. The molecule has 1 aliphatic carbocycles. The molecule has 116 valence electrons. The first-order valence-corrected chi connectivity index (χ1v) is 7.51. The molecule has 1 fully saturated rings. The lowest BCUT2D eigenvalue weighted by molar-refractivity contribution is 0.0691. The average Bonchev–Trinajstić information content (AvgIpc) is 2.40. The van der Waals surface area contributed by atoms with Crippen LogP contribution in [0, 0.1) is 11.2 Å². The van der Waals surface area contributed by atoms with Crippen molar-refractivity contribution >= 4 is 5.97 Å². The van der Waals surface area contributed by atoms with Gasteiger partial charge in [0.25, 0.3) is 0 Å². The Morgan fingerprint density at radius 1 is 1.38 bits per heavy atom. The molecule has 1 N–H and O–H groups in total. The maximum atomic E-state index is 14.2. The van der Waals surface area contributed by atoms with Crippen LogP contribution in [0.25, 0.3) is 0 Å². The predicted molar refractivity (Wildman–Crippen MR) is 80.9 cm³/mol. The summed E-state index contributed by atoms with van der Waals surface area (Å²) in [4.78, 5) is 13.1. The quantitative estimate of drug-likeness (QED) is 0.914. The van der Waals surface area contributed by atoms with Crippen molar-refractivity contribution in [3.8, 4) is 0 Å². The van der Waals surface area contributed by atoms with Crippen molar-refractivity contribution < 1.29 is 14.3 Å². The number of nitrogens with zero attached hydrogens (tertiary/aromatic N) is 1. The van der Waals surface area contributed by atoms with E-state index in [1.54, 1.807) is 12.1 Å². The Morgan fingerprint density at radius 3 is 2.57 bits per heavy atom. The highest BCUT2D eigenvalue weighted by molar-refractivity contribution is 5.88. The molecule has 0 bridgehead atoms. The molecule has 0 aromatic heterocycles. The molecule has 0 heterocycles. The Morgan fingerprint density at radius 2 is 2.00 bits per heavy atom. The van der Waals surface area contributed by atoms with Crippen LogP contribution in [0.1, 0.15) is 55.5 Å². The van der Waals surface area contributed by atoms with E-state index in [0.717, 1.165) is 12.8 Å². The van der Waals surface area contributed by atoms with Gasteiger partial charge in [0.05, 0.1) is 5.56 Å². The largest absolute Gasteiger partial charge is 0.478 e. The van der Waals surface area contributed by atoms with E-state index in [1.165, 1.54) is 18.9 Å². The minimum atomic E-state index is -1.21. The average molecular weight is 293 g/mol. The third kappa shape index (κ3) is 3.82. The van der Waals surface area contributed by atoms with Crippen molar-refractivity contribution in [2.75, 3.05) is 7.05 Å². The van der Waals surface area contributed by atoms with E-state index < -0.39 is 11.8 Å². The smallest absolute Gasteiger partial charge is 0.338 e. The third-order valence-electron chi connectivity index (χ3n) is 4.66. The van der Waals surface area contributed by atoms with Gasteiger partial charge < -0.3 is 5.11 Å². The van der Waals surface area contributed by atoms with Crippen LogP contribution in [0.5, 0.6) is 0 Å².